The van der Waals surface area contributed by atoms with Gasteiger partial charge in [0.25, 0.3) is 0 Å². The number of hydrogen-bond donors (Lipinski definition) is 3. The van der Waals surface area contributed by atoms with Crippen LogP contribution in [0.1, 0.15) is 12.8 Å². The largest absolute Gasteiger partial charge is 0.473 e. The lowest BCUT2D eigenvalue weighted by Crippen LogP contribution is -2.16. The Kier molecular flexibility index (Phi) is 8.04. The first kappa shape index (κ1) is 20.4. The summed E-state index contributed by atoms with van der Waals surface area (Å²) >= 11 is 3.35. The minimum atomic E-state index is -1.82. The number of thioether (sulfide) groups is 1. The van der Waals surface area contributed by atoms with Crippen molar-refractivity contribution in [2.24, 2.45) is 5.73 Å². The van der Waals surface area contributed by atoms with Crippen LogP contribution in [0.4, 0.5) is 0 Å². The summed E-state index contributed by atoms with van der Waals surface area (Å²) in [7, 11) is 0. The van der Waals surface area contributed by atoms with Crippen LogP contribution >= 0.6 is 23.1 Å². The number of aromatic nitrogens is 3. The summed E-state index contributed by atoms with van der Waals surface area (Å²) in [5, 5.41) is 26.5. The van der Waals surface area contributed by atoms with Crippen LogP contribution in [-0.4, -0.2) is 61.9 Å². The molecule has 0 spiro atoms. The number of rotatable bonds is 6. The van der Waals surface area contributed by atoms with Crippen LogP contribution in [0.3, 0.4) is 0 Å². The summed E-state index contributed by atoms with van der Waals surface area (Å²) in [5.41, 5.74) is 5.59. The molecule has 3 rings (SSSR count). The molecule has 0 amide bonds. The third-order valence-electron chi connectivity index (χ3n) is 3.40. The Bertz CT molecular complexity index is 702. The Morgan fingerprint density at radius 3 is 2.69 bits per heavy atom. The van der Waals surface area contributed by atoms with E-state index in [-0.39, 0.29) is 6.10 Å². The van der Waals surface area contributed by atoms with Crippen molar-refractivity contribution in [1.29, 1.82) is 0 Å². The molecule has 1 aliphatic rings. The van der Waals surface area contributed by atoms with Gasteiger partial charge < -0.3 is 20.7 Å². The molecular formula is C15H20N4O5S2. The molecule has 1 aliphatic heterocycles. The van der Waals surface area contributed by atoms with E-state index in [9.17, 15) is 0 Å². The SMILES string of the molecule is NCCSc1nnc(-c2cccs2)n1CC1CCCO1.O=C(O)C(=O)O. The number of carbonyl (C=O) groups is 2. The van der Waals surface area contributed by atoms with Crippen molar-refractivity contribution >= 4 is 35.0 Å². The van der Waals surface area contributed by atoms with Crippen LogP contribution in [0.5, 0.6) is 0 Å². The summed E-state index contributed by atoms with van der Waals surface area (Å²) in [5.74, 6) is -1.85. The molecule has 1 atom stereocenters. The zero-order chi connectivity index (χ0) is 18.9. The van der Waals surface area contributed by atoms with E-state index in [1.54, 1.807) is 23.1 Å². The highest BCUT2D eigenvalue weighted by Gasteiger charge is 2.21. The van der Waals surface area contributed by atoms with Crippen LogP contribution in [0, 0.1) is 0 Å². The number of hydrogen-bond acceptors (Lipinski definition) is 8. The molecule has 0 radical (unpaired) electrons. The summed E-state index contributed by atoms with van der Waals surface area (Å²) < 4.78 is 7.93. The van der Waals surface area contributed by atoms with Crippen molar-refractivity contribution in [3.05, 3.63) is 17.5 Å². The molecular weight excluding hydrogens is 380 g/mol. The first-order valence-electron chi connectivity index (χ1n) is 7.90. The van der Waals surface area contributed by atoms with Crippen LogP contribution in [0.2, 0.25) is 0 Å². The van der Waals surface area contributed by atoms with E-state index in [2.05, 4.69) is 26.2 Å². The van der Waals surface area contributed by atoms with Gasteiger partial charge >= 0.3 is 11.9 Å². The molecule has 1 fully saturated rings. The van der Waals surface area contributed by atoms with Crippen molar-refractivity contribution in [3.8, 4) is 10.7 Å². The maximum atomic E-state index is 9.10. The van der Waals surface area contributed by atoms with E-state index in [4.69, 9.17) is 30.3 Å². The molecule has 4 N–H and O–H groups in total. The lowest BCUT2D eigenvalue weighted by molar-refractivity contribution is -0.159. The fourth-order valence-electron chi connectivity index (χ4n) is 2.29. The van der Waals surface area contributed by atoms with Gasteiger partial charge in [0.15, 0.2) is 11.0 Å². The average Bonchev–Trinajstić information content (AvgIpc) is 3.36. The summed E-state index contributed by atoms with van der Waals surface area (Å²) in [6.07, 6.45) is 2.54. The van der Waals surface area contributed by atoms with Crippen molar-refractivity contribution in [3.63, 3.8) is 0 Å². The third-order valence-corrected chi connectivity index (χ3v) is 5.27. The molecule has 3 heterocycles. The highest BCUT2D eigenvalue weighted by atomic mass is 32.2. The number of nitrogens with zero attached hydrogens (tertiary/aromatic N) is 3. The van der Waals surface area contributed by atoms with Gasteiger partial charge in [-0.2, -0.15) is 0 Å². The minimum Gasteiger partial charge on any atom is -0.473 e. The van der Waals surface area contributed by atoms with Crippen LogP contribution < -0.4 is 5.73 Å². The standard InChI is InChI=1S/C13H18N4OS2.C2H2O4/c14-5-8-20-13-16-15-12(11-4-2-7-19-11)17(13)9-10-3-1-6-18-10;3-1(4)2(5)6/h2,4,7,10H,1,3,5-6,8-9,14H2;(H,3,4)(H,5,6). The smallest absolute Gasteiger partial charge is 0.414 e. The van der Waals surface area contributed by atoms with E-state index in [0.29, 0.717) is 6.54 Å². The first-order chi connectivity index (χ1) is 12.5. The normalized spacial score (nSPS) is 16.1. The van der Waals surface area contributed by atoms with Gasteiger partial charge in [0.05, 0.1) is 17.5 Å². The Morgan fingerprint density at radius 2 is 2.15 bits per heavy atom. The summed E-state index contributed by atoms with van der Waals surface area (Å²) in [4.78, 5) is 19.3. The topological polar surface area (TPSA) is 141 Å². The maximum Gasteiger partial charge on any atom is 0.414 e. The lowest BCUT2D eigenvalue weighted by Gasteiger charge is -2.14. The van der Waals surface area contributed by atoms with Crippen molar-refractivity contribution in [2.75, 3.05) is 18.9 Å². The lowest BCUT2D eigenvalue weighted by atomic mass is 10.2. The van der Waals surface area contributed by atoms with Gasteiger partial charge in [-0.15, -0.1) is 21.5 Å². The maximum absolute atomic E-state index is 9.10. The van der Waals surface area contributed by atoms with Gasteiger partial charge in [-0.3, -0.25) is 4.57 Å². The number of thiophene rings is 1. The Morgan fingerprint density at radius 1 is 1.38 bits per heavy atom. The van der Waals surface area contributed by atoms with Gasteiger partial charge in [0, 0.05) is 18.9 Å². The molecule has 1 unspecified atom stereocenters. The van der Waals surface area contributed by atoms with Crippen LogP contribution in [0.15, 0.2) is 22.7 Å². The summed E-state index contributed by atoms with van der Waals surface area (Å²) in [6, 6.07) is 4.12. The van der Waals surface area contributed by atoms with Crippen molar-refractivity contribution < 1.29 is 24.5 Å². The zero-order valence-corrected chi connectivity index (χ0v) is 15.5. The molecule has 0 saturated carbocycles. The van der Waals surface area contributed by atoms with E-state index >= 15 is 0 Å². The van der Waals surface area contributed by atoms with E-state index in [0.717, 1.165) is 47.6 Å². The molecule has 9 nitrogen and oxygen atoms in total. The molecule has 142 valence electrons. The number of carboxylic acid groups (broad SMARTS) is 2. The Labute approximate surface area is 158 Å². The van der Waals surface area contributed by atoms with Gasteiger partial charge in [-0.05, 0) is 24.3 Å². The fraction of sp³-hybridized carbons (Fsp3) is 0.467. The highest BCUT2D eigenvalue weighted by molar-refractivity contribution is 7.99. The van der Waals surface area contributed by atoms with Gasteiger partial charge in [0.1, 0.15) is 0 Å². The highest BCUT2D eigenvalue weighted by Crippen LogP contribution is 2.28. The monoisotopic (exact) mass is 400 g/mol. The second-order valence-electron chi connectivity index (χ2n) is 5.28. The molecule has 0 bridgehead atoms. The predicted molar refractivity (Wildman–Crippen MR) is 97.4 cm³/mol. The number of aliphatic carboxylic acids is 2. The third kappa shape index (κ3) is 5.80. The zero-order valence-electron chi connectivity index (χ0n) is 13.9. The molecule has 2 aromatic rings. The molecule has 26 heavy (non-hydrogen) atoms. The minimum absolute atomic E-state index is 0.280. The second kappa shape index (κ2) is 10.3. The number of ether oxygens (including phenoxy) is 1. The van der Waals surface area contributed by atoms with Crippen LogP contribution in [0.25, 0.3) is 10.7 Å². The molecule has 2 aromatic heterocycles. The van der Waals surface area contributed by atoms with Gasteiger partial charge in [-0.25, -0.2) is 9.59 Å². The first-order valence-corrected chi connectivity index (χ1v) is 9.77. The quantitative estimate of drug-likeness (QED) is 0.484. The van der Waals surface area contributed by atoms with Gasteiger partial charge in [0.2, 0.25) is 0 Å². The molecule has 11 heteroatoms. The Balaban J connectivity index is 0.000000352. The Hall–Kier alpha value is -1.95. The van der Waals surface area contributed by atoms with Crippen molar-refractivity contribution in [1.82, 2.24) is 14.8 Å². The molecule has 0 aromatic carbocycles. The molecule has 1 saturated heterocycles. The predicted octanol–water partition coefficient (Wildman–Crippen LogP) is 1.39. The van der Waals surface area contributed by atoms with Gasteiger partial charge in [-0.1, -0.05) is 17.8 Å². The van der Waals surface area contributed by atoms with E-state index in [1.165, 1.54) is 0 Å². The second-order valence-corrected chi connectivity index (χ2v) is 7.29. The molecule has 0 aliphatic carbocycles. The van der Waals surface area contributed by atoms with E-state index < -0.39 is 11.9 Å². The average molecular weight is 400 g/mol. The summed E-state index contributed by atoms with van der Waals surface area (Å²) in [6.45, 7) is 2.34. The fourth-order valence-corrected chi connectivity index (χ4v) is 3.72. The number of carboxylic acids is 2. The van der Waals surface area contributed by atoms with Crippen molar-refractivity contribution in [2.45, 2.75) is 30.6 Å². The number of nitrogens with two attached hydrogens (primary N) is 1. The van der Waals surface area contributed by atoms with E-state index in [1.807, 2.05) is 6.07 Å². The van der Waals surface area contributed by atoms with Crippen LogP contribution in [-0.2, 0) is 20.9 Å².